The average molecular weight is 207 g/mol. The van der Waals surface area contributed by atoms with Crippen LogP contribution in [0.4, 0.5) is 0 Å². The number of esters is 1. The van der Waals surface area contributed by atoms with Crippen LogP contribution in [-0.2, 0) is 9.53 Å². The quantitative estimate of drug-likeness (QED) is 0.354. The summed E-state index contributed by atoms with van der Waals surface area (Å²) in [5.74, 6) is -0.313. The number of benzene rings is 1. The van der Waals surface area contributed by atoms with Crippen LogP contribution in [0.3, 0.4) is 0 Å². The first kappa shape index (κ1) is 11.2. The minimum atomic E-state index is -0.313. The first-order valence-corrected chi connectivity index (χ1v) is 4.70. The van der Waals surface area contributed by atoms with Gasteiger partial charge in [-0.3, -0.25) is 4.79 Å². The summed E-state index contributed by atoms with van der Waals surface area (Å²) >= 11 is 0. The molecule has 0 unspecified atom stereocenters. The topological polar surface area (TPSA) is 58.9 Å². The SMILES string of the molecule is CCC(=O)OCC(=NO)c1ccccc1. The molecule has 0 aliphatic rings. The number of oxime groups is 1. The number of carbonyl (C=O) groups is 1. The second-order valence-electron chi connectivity index (χ2n) is 2.93. The van der Waals surface area contributed by atoms with Crippen LogP contribution in [-0.4, -0.2) is 23.5 Å². The van der Waals surface area contributed by atoms with Crippen molar-refractivity contribution in [3.05, 3.63) is 35.9 Å². The molecule has 0 amide bonds. The van der Waals surface area contributed by atoms with Crippen molar-refractivity contribution in [1.29, 1.82) is 0 Å². The van der Waals surface area contributed by atoms with Crippen molar-refractivity contribution in [2.24, 2.45) is 5.16 Å². The maximum atomic E-state index is 10.9. The zero-order chi connectivity index (χ0) is 11.1. The zero-order valence-electron chi connectivity index (χ0n) is 8.51. The minimum absolute atomic E-state index is 0.00676. The molecule has 1 aromatic carbocycles. The van der Waals surface area contributed by atoms with E-state index in [1.54, 1.807) is 19.1 Å². The lowest BCUT2D eigenvalue weighted by Crippen LogP contribution is -2.14. The van der Waals surface area contributed by atoms with Crippen molar-refractivity contribution < 1.29 is 14.7 Å². The van der Waals surface area contributed by atoms with Crippen LogP contribution < -0.4 is 0 Å². The summed E-state index contributed by atoms with van der Waals surface area (Å²) in [7, 11) is 0. The molecule has 0 spiro atoms. The molecule has 0 radical (unpaired) electrons. The van der Waals surface area contributed by atoms with Crippen molar-refractivity contribution in [3.63, 3.8) is 0 Å². The largest absolute Gasteiger partial charge is 0.459 e. The third-order valence-corrected chi connectivity index (χ3v) is 1.89. The van der Waals surface area contributed by atoms with E-state index >= 15 is 0 Å². The molecule has 0 aliphatic heterocycles. The molecule has 0 bridgehead atoms. The molecule has 0 aliphatic carbocycles. The maximum absolute atomic E-state index is 10.9. The molecule has 4 heteroatoms. The Bertz CT molecular complexity index is 346. The van der Waals surface area contributed by atoms with Gasteiger partial charge in [0, 0.05) is 12.0 Å². The highest BCUT2D eigenvalue weighted by atomic mass is 16.5. The molecular formula is C11H13NO3. The fourth-order valence-electron chi connectivity index (χ4n) is 1.05. The lowest BCUT2D eigenvalue weighted by Gasteiger charge is -2.05. The smallest absolute Gasteiger partial charge is 0.305 e. The lowest BCUT2D eigenvalue weighted by atomic mass is 10.1. The van der Waals surface area contributed by atoms with Crippen LogP contribution in [0.5, 0.6) is 0 Å². The van der Waals surface area contributed by atoms with Crippen molar-refractivity contribution in [2.75, 3.05) is 6.61 Å². The summed E-state index contributed by atoms with van der Waals surface area (Å²) < 4.78 is 4.87. The third kappa shape index (κ3) is 3.42. The highest BCUT2D eigenvalue weighted by molar-refractivity contribution is 6.01. The number of ether oxygens (including phenoxy) is 1. The average Bonchev–Trinajstić information content (AvgIpc) is 2.31. The Morgan fingerprint density at radius 2 is 2.07 bits per heavy atom. The second kappa shape index (κ2) is 5.80. The van der Waals surface area contributed by atoms with E-state index in [0.29, 0.717) is 12.1 Å². The molecule has 4 nitrogen and oxygen atoms in total. The molecule has 1 aromatic rings. The second-order valence-corrected chi connectivity index (χ2v) is 2.93. The summed E-state index contributed by atoms with van der Waals surface area (Å²) in [4.78, 5) is 10.9. The van der Waals surface area contributed by atoms with Crippen LogP contribution in [0.15, 0.2) is 35.5 Å². The van der Waals surface area contributed by atoms with E-state index in [0.717, 1.165) is 5.56 Å². The summed E-state index contributed by atoms with van der Waals surface area (Å²) in [6.45, 7) is 1.70. The Balaban J connectivity index is 2.63. The van der Waals surface area contributed by atoms with Gasteiger partial charge in [-0.1, -0.05) is 42.4 Å². The van der Waals surface area contributed by atoms with E-state index in [4.69, 9.17) is 9.94 Å². The fourth-order valence-corrected chi connectivity index (χ4v) is 1.05. The maximum Gasteiger partial charge on any atom is 0.305 e. The van der Waals surface area contributed by atoms with Gasteiger partial charge in [-0.2, -0.15) is 0 Å². The van der Waals surface area contributed by atoms with Crippen LogP contribution in [0, 0.1) is 0 Å². The van der Waals surface area contributed by atoms with Crippen molar-refractivity contribution in [1.82, 2.24) is 0 Å². The number of hydrogen-bond acceptors (Lipinski definition) is 4. The summed E-state index contributed by atoms with van der Waals surface area (Å²) in [6.07, 6.45) is 0.313. The molecule has 0 heterocycles. The van der Waals surface area contributed by atoms with Crippen molar-refractivity contribution in [3.8, 4) is 0 Å². The van der Waals surface area contributed by atoms with Gasteiger partial charge in [0.2, 0.25) is 0 Å². The number of nitrogens with zero attached hydrogens (tertiary/aromatic N) is 1. The van der Waals surface area contributed by atoms with Crippen LogP contribution in [0.25, 0.3) is 0 Å². The van der Waals surface area contributed by atoms with E-state index < -0.39 is 0 Å². The first-order chi connectivity index (χ1) is 7.27. The van der Waals surface area contributed by atoms with Gasteiger partial charge in [0.05, 0.1) is 0 Å². The Labute approximate surface area is 88.2 Å². The number of carbonyl (C=O) groups excluding carboxylic acids is 1. The fraction of sp³-hybridized carbons (Fsp3) is 0.273. The van der Waals surface area contributed by atoms with Gasteiger partial charge in [-0.25, -0.2) is 0 Å². The highest BCUT2D eigenvalue weighted by Crippen LogP contribution is 2.02. The molecule has 15 heavy (non-hydrogen) atoms. The van der Waals surface area contributed by atoms with Crippen LogP contribution in [0.1, 0.15) is 18.9 Å². The Morgan fingerprint density at radius 3 is 2.60 bits per heavy atom. The molecule has 1 N–H and O–H groups in total. The summed E-state index contributed by atoms with van der Waals surface area (Å²) in [5, 5.41) is 11.9. The van der Waals surface area contributed by atoms with Gasteiger partial charge < -0.3 is 9.94 Å². The van der Waals surface area contributed by atoms with E-state index in [1.165, 1.54) is 0 Å². The van der Waals surface area contributed by atoms with E-state index in [9.17, 15) is 4.79 Å². The molecule has 0 saturated carbocycles. The number of hydrogen-bond donors (Lipinski definition) is 1. The monoisotopic (exact) mass is 207 g/mol. The Morgan fingerprint density at radius 1 is 1.40 bits per heavy atom. The molecule has 0 atom stereocenters. The zero-order valence-corrected chi connectivity index (χ0v) is 8.51. The molecule has 0 fully saturated rings. The number of rotatable bonds is 4. The molecule has 0 saturated heterocycles. The van der Waals surface area contributed by atoms with Crippen LogP contribution in [0.2, 0.25) is 0 Å². The molecule has 1 rings (SSSR count). The van der Waals surface area contributed by atoms with E-state index in [1.807, 2.05) is 18.2 Å². The first-order valence-electron chi connectivity index (χ1n) is 4.70. The standard InChI is InChI=1S/C11H13NO3/c1-2-11(13)15-8-10(12-14)9-6-4-3-5-7-9/h3-7,14H,2,8H2,1H3. The van der Waals surface area contributed by atoms with E-state index in [-0.39, 0.29) is 12.6 Å². The van der Waals surface area contributed by atoms with Gasteiger partial charge in [0.25, 0.3) is 0 Å². The van der Waals surface area contributed by atoms with Gasteiger partial charge in [0.1, 0.15) is 12.3 Å². The van der Waals surface area contributed by atoms with Crippen molar-refractivity contribution >= 4 is 11.7 Å². The normalized spacial score (nSPS) is 11.1. The van der Waals surface area contributed by atoms with Gasteiger partial charge in [-0.05, 0) is 0 Å². The summed E-state index contributed by atoms with van der Waals surface area (Å²) in [6, 6.07) is 9.07. The van der Waals surface area contributed by atoms with Crippen molar-refractivity contribution in [2.45, 2.75) is 13.3 Å². The minimum Gasteiger partial charge on any atom is -0.459 e. The van der Waals surface area contributed by atoms with Gasteiger partial charge >= 0.3 is 5.97 Å². The molecule has 80 valence electrons. The molecule has 0 aromatic heterocycles. The predicted molar refractivity (Wildman–Crippen MR) is 56.0 cm³/mol. The van der Waals surface area contributed by atoms with Gasteiger partial charge in [0.15, 0.2) is 0 Å². The van der Waals surface area contributed by atoms with E-state index in [2.05, 4.69) is 5.16 Å². The van der Waals surface area contributed by atoms with Gasteiger partial charge in [-0.15, -0.1) is 0 Å². The third-order valence-electron chi connectivity index (χ3n) is 1.89. The Hall–Kier alpha value is -1.84. The predicted octanol–water partition coefficient (Wildman–Crippen LogP) is 1.82. The van der Waals surface area contributed by atoms with Crippen LogP contribution >= 0.6 is 0 Å². The lowest BCUT2D eigenvalue weighted by molar-refractivity contribution is -0.141. The highest BCUT2D eigenvalue weighted by Gasteiger charge is 2.06. The summed E-state index contributed by atoms with van der Waals surface area (Å²) in [5.41, 5.74) is 1.08. The molecular weight excluding hydrogens is 194 g/mol. The Kier molecular flexibility index (Phi) is 4.34.